The molecule has 1 amide bonds. The number of hydrogen-bond donors (Lipinski definition) is 1. The van der Waals surface area contributed by atoms with Gasteiger partial charge in [0.25, 0.3) is 5.91 Å². The fraction of sp³-hybridized carbons (Fsp3) is 0.520. The number of ketones is 1. The van der Waals surface area contributed by atoms with Crippen molar-refractivity contribution in [3.63, 3.8) is 0 Å². The van der Waals surface area contributed by atoms with Crippen molar-refractivity contribution in [1.82, 2.24) is 20.1 Å². The van der Waals surface area contributed by atoms with E-state index in [1.165, 1.54) is 0 Å². The fourth-order valence-corrected chi connectivity index (χ4v) is 6.53. The lowest BCUT2D eigenvalue weighted by molar-refractivity contribution is 0.0523. The van der Waals surface area contributed by atoms with E-state index >= 15 is 0 Å². The predicted octanol–water partition coefficient (Wildman–Crippen LogP) is 4.69. The van der Waals surface area contributed by atoms with Crippen molar-refractivity contribution in [1.29, 1.82) is 0 Å². The quantitative estimate of drug-likeness (QED) is 0.592. The van der Waals surface area contributed by atoms with Gasteiger partial charge in [-0.05, 0) is 43.2 Å². The number of Topliss-reactive ketones (excluding diaryl/α,β-unsaturated/α-hetero) is 1. The number of H-pyrrole nitrogens is 1. The molecule has 1 spiro atoms. The van der Waals surface area contributed by atoms with E-state index < -0.39 is 0 Å². The third-order valence-electron chi connectivity index (χ3n) is 7.09. The Kier molecular flexibility index (Phi) is 5.12. The highest BCUT2D eigenvalue weighted by Gasteiger charge is 2.44. The lowest BCUT2D eigenvalue weighted by Crippen LogP contribution is -2.46. The van der Waals surface area contributed by atoms with Crippen LogP contribution in [-0.4, -0.2) is 52.0 Å². The number of carbonyl (C=O) groups excluding carboxylic acids is 2. The molecule has 1 saturated heterocycles. The number of methoxy groups -OCH3 is 1. The normalized spacial score (nSPS) is 18.1. The highest BCUT2D eigenvalue weighted by molar-refractivity contribution is 7.12. The number of fused-ring (bicyclic) bond motifs is 2. The summed E-state index contributed by atoms with van der Waals surface area (Å²) in [7, 11) is 1.63. The van der Waals surface area contributed by atoms with E-state index in [0.717, 1.165) is 45.8 Å². The number of benzene rings is 1. The first-order valence-electron chi connectivity index (χ1n) is 11.5. The van der Waals surface area contributed by atoms with E-state index in [1.54, 1.807) is 24.6 Å². The lowest BCUT2D eigenvalue weighted by atomic mass is 9.68. The van der Waals surface area contributed by atoms with Crippen molar-refractivity contribution in [2.24, 2.45) is 5.41 Å². The van der Waals surface area contributed by atoms with Crippen LogP contribution in [0.2, 0.25) is 0 Å². The SMILES string of the molecule is COc1c(C)cc(C(=O)N2CCC3(CC2)CC(=O)c2nc(C(C)(C)C)sc2C3)c2[nH]ncc12. The second kappa shape index (κ2) is 7.65. The molecule has 3 heterocycles. The maximum absolute atomic E-state index is 13.5. The summed E-state index contributed by atoms with van der Waals surface area (Å²) in [5, 5.41) is 8.96. The number of piperidine rings is 1. The smallest absolute Gasteiger partial charge is 0.256 e. The number of aryl methyl sites for hydroxylation is 1. The first kappa shape index (κ1) is 22.1. The number of nitrogens with zero attached hydrogens (tertiary/aromatic N) is 3. The van der Waals surface area contributed by atoms with Crippen LogP contribution in [0.15, 0.2) is 12.3 Å². The van der Waals surface area contributed by atoms with Gasteiger partial charge in [0, 0.05) is 29.8 Å². The molecule has 0 saturated carbocycles. The molecule has 1 aliphatic heterocycles. The maximum Gasteiger partial charge on any atom is 0.256 e. The topological polar surface area (TPSA) is 88.2 Å². The van der Waals surface area contributed by atoms with Crippen LogP contribution in [0.25, 0.3) is 10.9 Å². The molecule has 174 valence electrons. The number of likely N-dealkylation sites (tertiary alicyclic amines) is 1. The van der Waals surface area contributed by atoms with Gasteiger partial charge in [-0.25, -0.2) is 4.98 Å². The summed E-state index contributed by atoms with van der Waals surface area (Å²) < 4.78 is 5.51. The van der Waals surface area contributed by atoms with E-state index in [9.17, 15) is 9.59 Å². The molecule has 2 aromatic heterocycles. The number of aromatic amines is 1. The summed E-state index contributed by atoms with van der Waals surface area (Å²) in [4.78, 5) is 34.2. The zero-order chi connectivity index (χ0) is 23.5. The lowest BCUT2D eigenvalue weighted by Gasteiger charge is -2.43. The van der Waals surface area contributed by atoms with Crippen LogP contribution < -0.4 is 4.74 Å². The number of ether oxygens (including phenoxy) is 1. The molecule has 1 aliphatic carbocycles. The van der Waals surface area contributed by atoms with Gasteiger partial charge in [0.15, 0.2) is 5.78 Å². The Morgan fingerprint density at radius 1 is 1.24 bits per heavy atom. The number of rotatable bonds is 2. The molecule has 1 aromatic carbocycles. The minimum atomic E-state index is -0.0678. The molecule has 8 heteroatoms. The Labute approximate surface area is 197 Å². The van der Waals surface area contributed by atoms with Crippen molar-refractivity contribution in [3.8, 4) is 5.75 Å². The average molecular weight is 467 g/mol. The van der Waals surface area contributed by atoms with Crippen LogP contribution in [0.4, 0.5) is 0 Å². The zero-order valence-corrected chi connectivity index (χ0v) is 20.7. The van der Waals surface area contributed by atoms with E-state index in [1.807, 2.05) is 17.9 Å². The maximum atomic E-state index is 13.5. The molecule has 1 N–H and O–H groups in total. The second-order valence-corrected chi connectivity index (χ2v) is 11.6. The Balaban J connectivity index is 1.36. The minimum absolute atomic E-state index is 0.000451. The summed E-state index contributed by atoms with van der Waals surface area (Å²) in [6.07, 6.45) is 4.77. The van der Waals surface area contributed by atoms with Gasteiger partial charge in [0.05, 0.1) is 34.8 Å². The molecule has 33 heavy (non-hydrogen) atoms. The van der Waals surface area contributed by atoms with E-state index in [2.05, 4.69) is 31.0 Å². The molecule has 0 unspecified atom stereocenters. The van der Waals surface area contributed by atoms with Crippen molar-refractivity contribution in [2.75, 3.05) is 20.2 Å². The molecule has 0 radical (unpaired) electrons. The minimum Gasteiger partial charge on any atom is -0.496 e. The molecule has 0 atom stereocenters. The Bertz CT molecular complexity index is 1260. The first-order chi connectivity index (χ1) is 15.6. The summed E-state index contributed by atoms with van der Waals surface area (Å²) in [6, 6.07) is 1.88. The van der Waals surface area contributed by atoms with Gasteiger partial charge in [-0.2, -0.15) is 5.10 Å². The predicted molar refractivity (Wildman–Crippen MR) is 128 cm³/mol. The Morgan fingerprint density at radius 2 is 1.97 bits per heavy atom. The van der Waals surface area contributed by atoms with Gasteiger partial charge >= 0.3 is 0 Å². The molecular weight excluding hydrogens is 436 g/mol. The number of carbonyl (C=O) groups is 2. The molecule has 7 nitrogen and oxygen atoms in total. The van der Waals surface area contributed by atoms with Crippen LogP contribution >= 0.6 is 11.3 Å². The number of nitrogens with one attached hydrogen (secondary N) is 1. The Morgan fingerprint density at radius 3 is 2.64 bits per heavy atom. The number of aromatic nitrogens is 3. The second-order valence-electron chi connectivity index (χ2n) is 10.5. The molecule has 0 bridgehead atoms. The molecular formula is C25H30N4O3S. The summed E-state index contributed by atoms with van der Waals surface area (Å²) in [5.74, 6) is 0.900. The van der Waals surface area contributed by atoms with Gasteiger partial charge in [-0.1, -0.05) is 20.8 Å². The van der Waals surface area contributed by atoms with Crippen LogP contribution in [0.5, 0.6) is 5.75 Å². The average Bonchev–Trinajstić information content (AvgIpc) is 3.41. The van der Waals surface area contributed by atoms with Gasteiger partial charge in [-0.3, -0.25) is 14.7 Å². The van der Waals surface area contributed by atoms with Crippen LogP contribution in [-0.2, 0) is 11.8 Å². The van der Waals surface area contributed by atoms with Gasteiger partial charge in [0.2, 0.25) is 0 Å². The van der Waals surface area contributed by atoms with Gasteiger partial charge < -0.3 is 9.64 Å². The van der Waals surface area contributed by atoms with Crippen molar-refractivity contribution < 1.29 is 14.3 Å². The molecule has 3 aromatic rings. The highest BCUT2D eigenvalue weighted by Crippen LogP contribution is 2.46. The summed E-state index contributed by atoms with van der Waals surface area (Å²) >= 11 is 1.69. The van der Waals surface area contributed by atoms with Crippen LogP contribution in [0.1, 0.15) is 76.3 Å². The van der Waals surface area contributed by atoms with Crippen LogP contribution in [0.3, 0.4) is 0 Å². The largest absolute Gasteiger partial charge is 0.496 e. The Hall–Kier alpha value is -2.74. The number of hydrogen-bond acceptors (Lipinski definition) is 6. The van der Waals surface area contributed by atoms with E-state index in [4.69, 9.17) is 9.72 Å². The standard InChI is InChI=1S/C25H30N4O3S/c1-14-10-15(19-16(13-26-28-19)21(14)32-5)22(31)29-8-6-25(7-9-29)11-17(30)20-18(12-25)33-23(27-20)24(2,3)4/h10,13H,6-9,11-12H2,1-5H3,(H,26,28). The first-order valence-corrected chi connectivity index (χ1v) is 12.3. The van der Waals surface area contributed by atoms with Gasteiger partial charge in [0.1, 0.15) is 11.4 Å². The summed E-state index contributed by atoms with van der Waals surface area (Å²) in [6.45, 7) is 9.65. The summed E-state index contributed by atoms with van der Waals surface area (Å²) in [5.41, 5.74) is 2.80. The number of amides is 1. The van der Waals surface area contributed by atoms with Crippen molar-refractivity contribution in [2.45, 2.75) is 58.8 Å². The molecule has 5 rings (SSSR count). The van der Waals surface area contributed by atoms with Crippen molar-refractivity contribution >= 4 is 33.9 Å². The van der Waals surface area contributed by atoms with Crippen molar-refractivity contribution in [3.05, 3.63) is 39.0 Å². The fourth-order valence-electron chi connectivity index (χ4n) is 5.22. The van der Waals surface area contributed by atoms with E-state index in [-0.39, 0.29) is 22.5 Å². The monoisotopic (exact) mass is 466 g/mol. The molecule has 1 fully saturated rings. The van der Waals surface area contributed by atoms with E-state index in [0.29, 0.717) is 36.3 Å². The zero-order valence-electron chi connectivity index (χ0n) is 19.9. The highest BCUT2D eigenvalue weighted by atomic mass is 32.1. The third-order valence-corrected chi connectivity index (χ3v) is 8.57. The van der Waals surface area contributed by atoms with Gasteiger partial charge in [-0.15, -0.1) is 11.3 Å². The van der Waals surface area contributed by atoms with Crippen LogP contribution in [0, 0.1) is 12.3 Å². The molecule has 2 aliphatic rings. The number of thiazole rings is 1. The third kappa shape index (κ3) is 3.64.